The van der Waals surface area contributed by atoms with Crippen molar-refractivity contribution in [1.82, 2.24) is 0 Å². The smallest absolute Gasteiger partial charge is 0.222 e. The Kier molecular flexibility index (Phi) is 3.43. The molecule has 0 spiro atoms. The first kappa shape index (κ1) is 12.7. The van der Waals surface area contributed by atoms with Crippen LogP contribution in [0.3, 0.4) is 0 Å². The van der Waals surface area contributed by atoms with Crippen LogP contribution in [0.25, 0.3) is 0 Å². The Morgan fingerprint density at radius 1 is 1.10 bits per heavy atom. The molecule has 0 fully saturated rings. The number of methoxy groups -OCH3 is 1. The monoisotopic (exact) mass is 283 g/mol. The normalized spacial score (nSPS) is 17.6. The summed E-state index contributed by atoms with van der Waals surface area (Å²) in [4.78, 5) is 1.93. The summed E-state index contributed by atoms with van der Waals surface area (Å²) in [6.07, 6.45) is -0.236. The summed E-state index contributed by atoms with van der Waals surface area (Å²) in [6, 6.07) is 17.7. The van der Waals surface area contributed by atoms with E-state index in [1.165, 1.54) is 0 Å². The van der Waals surface area contributed by atoms with Gasteiger partial charge >= 0.3 is 0 Å². The molecule has 0 aliphatic carbocycles. The van der Waals surface area contributed by atoms with Crippen LogP contribution in [0.15, 0.2) is 64.8 Å². The molecule has 0 saturated heterocycles. The predicted molar refractivity (Wildman–Crippen MR) is 82.1 cm³/mol. The number of benzene rings is 2. The third-order valence-electron chi connectivity index (χ3n) is 3.13. The number of thiocarbonyl (C=S) groups is 1. The Balaban J connectivity index is 1.99. The first-order valence-electron chi connectivity index (χ1n) is 6.22. The van der Waals surface area contributed by atoms with Crippen molar-refractivity contribution in [3.63, 3.8) is 0 Å². The molecule has 0 radical (unpaired) electrons. The van der Waals surface area contributed by atoms with Crippen molar-refractivity contribution < 1.29 is 4.74 Å². The van der Waals surface area contributed by atoms with Crippen molar-refractivity contribution in [2.24, 2.45) is 10.2 Å². The zero-order valence-corrected chi connectivity index (χ0v) is 11.7. The number of nitrogens with zero attached hydrogens (tertiary/aromatic N) is 3. The lowest BCUT2D eigenvalue weighted by molar-refractivity contribution is 0.414. The van der Waals surface area contributed by atoms with Crippen LogP contribution in [0.1, 0.15) is 11.7 Å². The standard InChI is InChI=1S/C15H13N3OS/c1-19-13-9-5-6-11(10-13)14-16-17-15(20)18(14)12-7-3-2-4-8-12/h2-10,14H,1H3/t14-/m1/s1. The van der Waals surface area contributed by atoms with Crippen LogP contribution >= 0.6 is 12.2 Å². The van der Waals surface area contributed by atoms with E-state index in [0.29, 0.717) is 5.11 Å². The summed E-state index contributed by atoms with van der Waals surface area (Å²) >= 11 is 5.30. The van der Waals surface area contributed by atoms with Crippen molar-refractivity contribution in [3.8, 4) is 5.75 Å². The first-order chi connectivity index (χ1) is 9.79. The number of azo groups is 1. The third kappa shape index (κ3) is 2.28. The minimum Gasteiger partial charge on any atom is -0.497 e. The number of anilines is 1. The first-order valence-corrected chi connectivity index (χ1v) is 6.63. The molecule has 4 nitrogen and oxygen atoms in total. The Morgan fingerprint density at radius 3 is 2.65 bits per heavy atom. The molecule has 1 aliphatic heterocycles. The van der Waals surface area contributed by atoms with E-state index in [9.17, 15) is 0 Å². The molecule has 0 aromatic heterocycles. The zero-order chi connectivity index (χ0) is 13.9. The van der Waals surface area contributed by atoms with Gasteiger partial charge in [-0.2, -0.15) is 5.11 Å². The molecular weight excluding hydrogens is 270 g/mol. The molecule has 0 N–H and O–H groups in total. The lowest BCUT2D eigenvalue weighted by Gasteiger charge is -2.23. The topological polar surface area (TPSA) is 37.2 Å². The highest BCUT2D eigenvalue weighted by Crippen LogP contribution is 2.34. The van der Waals surface area contributed by atoms with Gasteiger partial charge in [0.15, 0.2) is 6.17 Å². The number of hydrogen-bond donors (Lipinski definition) is 0. The summed E-state index contributed by atoms with van der Waals surface area (Å²) in [5.74, 6) is 0.795. The molecule has 100 valence electrons. The van der Waals surface area contributed by atoms with Gasteiger partial charge < -0.3 is 4.74 Å². The van der Waals surface area contributed by atoms with Crippen molar-refractivity contribution in [2.45, 2.75) is 6.17 Å². The summed E-state index contributed by atoms with van der Waals surface area (Å²) in [5.41, 5.74) is 1.98. The van der Waals surface area contributed by atoms with E-state index in [4.69, 9.17) is 17.0 Å². The summed E-state index contributed by atoms with van der Waals surface area (Å²) in [6.45, 7) is 0. The second kappa shape index (κ2) is 5.38. The van der Waals surface area contributed by atoms with Gasteiger partial charge in [-0.1, -0.05) is 30.3 Å². The molecule has 0 bridgehead atoms. The molecule has 1 aliphatic rings. The number of ether oxygens (including phenoxy) is 1. The van der Waals surface area contributed by atoms with Gasteiger partial charge in [0.2, 0.25) is 5.11 Å². The van der Waals surface area contributed by atoms with Gasteiger partial charge in [0.1, 0.15) is 5.75 Å². The van der Waals surface area contributed by atoms with Gasteiger partial charge in [0, 0.05) is 11.3 Å². The predicted octanol–water partition coefficient (Wildman–Crippen LogP) is 3.95. The molecular formula is C15H13N3OS. The van der Waals surface area contributed by atoms with Crippen LogP contribution in [0, 0.1) is 0 Å². The van der Waals surface area contributed by atoms with Crippen LogP contribution in [0.4, 0.5) is 5.69 Å². The van der Waals surface area contributed by atoms with E-state index in [1.54, 1.807) is 7.11 Å². The van der Waals surface area contributed by atoms with E-state index >= 15 is 0 Å². The van der Waals surface area contributed by atoms with Crippen molar-refractivity contribution in [2.75, 3.05) is 12.0 Å². The molecule has 1 atom stereocenters. The quantitative estimate of drug-likeness (QED) is 0.800. The number of para-hydroxylation sites is 1. The third-order valence-corrected chi connectivity index (χ3v) is 3.41. The minimum absolute atomic E-state index is 0.236. The Bertz CT molecular complexity index is 657. The highest BCUT2D eigenvalue weighted by Gasteiger charge is 2.29. The zero-order valence-electron chi connectivity index (χ0n) is 10.9. The Labute approximate surface area is 122 Å². The molecule has 0 saturated carbocycles. The van der Waals surface area contributed by atoms with Crippen molar-refractivity contribution in [1.29, 1.82) is 0 Å². The Hall–Kier alpha value is -2.27. The van der Waals surface area contributed by atoms with Crippen molar-refractivity contribution >= 4 is 23.0 Å². The SMILES string of the molecule is COc1cccc([C@@H]2N=NC(=S)N2c2ccccc2)c1. The molecule has 3 rings (SSSR count). The fraction of sp³-hybridized carbons (Fsp3) is 0.133. The molecule has 2 aromatic rings. The largest absolute Gasteiger partial charge is 0.497 e. The number of rotatable bonds is 3. The van der Waals surface area contributed by atoms with Gasteiger partial charge in [-0.3, -0.25) is 4.90 Å². The second-order valence-corrected chi connectivity index (χ2v) is 4.72. The van der Waals surface area contributed by atoms with Crippen molar-refractivity contribution in [3.05, 3.63) is 60.2 Å². The van der Waals surface area contributed by atoms with Crippen LogP contribution in [0.2, 0.25) is 0 Å². The van der Waals surface area contributed by atoms with Crippen LogP contribution in [-0.4, -0.2) is 12.2 Å². The van der Waals surface area contributed by atoms with E-state index in [-0.39, 0.29) is 6.17 Å². The van der Waals surface area contributed by atoms with E-state index in [2.05, 4.69) is 10.2 Å². The Morgan fingerprint density at radius 2 is 1.90 bits per heavy atom. The molecule has 1 heterocycles. The maximum absolute atomic E-state index is 5.30. The summed E-state index contributed by atoms with van der Waals surface area (Å²) in [5, 5.41) is 8.80. The minimum atomic E-state index is -0.236. The van der Waals surface area contributed by atoms with Gasteiger partial charge in [0.05, 0.1) is 7.11 Å². The lowest BCUT2D eigenvalue weighted by Crippen LogP contribution is -2.26. The lowest BCUT2D eigenvalue weighted by atomic mass is 10.1. The van der Waals surface area contributed by atoms with Gasteiger partial charge in [-0.25, -0.2) is 0 Å². The number of hydrogen-bond acceptors (Lipinski definition) is 3. The molecule has 0 unspecified atom stereocenters. The molecule has 5 heteroatoms. The fourth-order valence-electron chi connectivity index (χ4n) is 2.17. The highest BCUT2D eigenvalue weighted by atomic mass is 32.1. The van der Waals surface area contributed by atoms with Gasteiger partial charge in [0.25, 0.3) is 0 Å². The molecule has 0 amide bonds. The van der Waals surface area contributed by atoms with E-state index in [0.717, 1.165) is 17.0 Å². The van der Waals surface area contributed by atoms with Gasteiger partial charge in [-0.05, 0) is 36.5 Å². The second-order valence-electron chi connectivity index (χ2n) is 4.35. The van der Waals surface area contributed by atoms with E-state index in [1.807, 2.05) is 59.5 Å². The molecule has 20 heavy (non-hydrogen) atoms. The maximum Gasteiger partial charge on any atom is 0.222 e. The average molecular weight is 283 g/mol. The van der Waals surface area contributed by atoms with Gasteiger partial charge in [-0.15, -0.1) is 5.11 Å². The summed E-state index contributed by atoms with van der Waals surface area (Å²) < 4.78 is 5.26. The fourth-order valence-corrected chi connectivity index (χ4v) is 2.42. The van der Waals surface area contributed by atoms with Crippen LogP contribution in [-0.2, 0) is 0 Å². The van der Waals surface area contributed by atoms with Crippen LogP contribution in [0.5, 0.6) is 5.75 Å². The molecule has 2 aromatic carbocycles. The summed E-state index contributed by atoms with van der Waals surface area (Å²) in [7, 11) is 1.65. The maximum atomic E-state index is 5.30. The average Bonchev–Trinajstić information content (AvgIpc) is 2.90. The highest BCUT2D eigenvalue weighted by molar-refractivity contribution is 7.80. The van der Waals surface area contributed by atoms with Crippen LogP contribution < -0.4 is 9.64 Å². The van der Waals surface area contributed by atoms with E-state index < -0.39 is 0 Å².